The van der Waals surface area contributed by atoms with E-state index in [1.165, 1.54) is 6.42 Å². The van der Waals surface area contributed by atoms with Gasteiger partial charge >= 0.3 is 5.97 Å². The second-order valence-electron chi connectivity index (χ2n) is 4.95. The summed E-state index contributed by atoms with van der Waals surface area (Å²) in [4.78, 5) is 11.4. The Hall–Kier alpha value is -0.530. The predicted octanol–water partition coefficient (Wildman–Crippen LogP) is 3.79. The lowest BCUT2D eigenvalue weighted by molar-refractivity contribution is -0.153. The normalized spacial score (nSPS) is 13.3. The van der Waals surface area contributed by atoms with Crippen molar-refractivity contribution in [1.82, 2.24) is 0 Å². The Kier molecular flexibility index (Phi) is 7.45. The average Bonchev–Trinajstić information content (AvgIpc) is 2.15. The zero-order valence-electron chi connectivity index (χ0n) is 10.9. The zero-order chi connectivity index (χ0) is 11.8. The van der Waals surface area contributed by atoms with Gasteiger partial charge in [0.25, 0.3) is 0 Å². The lowest BCUT2D eigenvalue weighted by Crippen LogP contribution is -2.21. The van der Waals surface area contributed by atoms with Crippen molar-refractivity contribution < 1.29 is 9.53 Å². The highest BCUT2D eigenvalue weighted by atomic mass is 16.5. The molecule has 0 bridgehead atoms. The van der Waals surface area contributed by atoms with Gasteiger partial charge in [0.15, 0.2) is 0 Å². The maximum absolute atomic E-state index is 11.4. The van der Waals surface area contributed by atoms with Crippen LogP contribution in [0.3, 0.4) is 0 Å². The van der Waals surface area contributed by atoms with Crippen molar-refractivity contribution in [2.24, 2.45) is 11.8 Å². The molecule has 0 N–H and O–H groups in total. The number of carbonyl (C=O) groups excluding carboxylic acids is 1. The monoisotopic (exact) mass is 214 g/mol. The van der Waals surface area contributed by atoms with E-state index >= 15 is 0 Å². The van der Waals surface area contributed by atoms with Gasteiger partial charge in [-0.15, -0.1) is 0 Å². The Morgan fingerprint density at radius 2 is 1.73 bits per heavy atom. The average molecular weight is 214 g/mol. The Bertz CT molecular complexity index is 173. The minimum Gasteiger partial charge on any atom is -0.462 e. The molecule has 90 valence electrons. The van der Waals surface area contributed by atoms with Gasteiger partial charge in [0.2, 0.25) is 0 Å². The summed E-state index contributed by atoms with van der Waals surface area (Å²) in [5.41, 5.74) is 0. The lowest BCUT2D eigenvalue weighted by atomic mass is 10.0. The molecule has 2 heteroatoms. The maximum Gasteiger partial charge on any atom is 0.308 e. The first-order chi connectivity index (χ1) is 6.97. The third kappa shape index (κ3) is 7.40. The number of esters is 1. The van der Waals surface area contributed by atoms with Crippen molar-refractivity contribution in [3.63, 3.8) is 0 Å². The SMILES string of the molecule is CCC(CCCC(C)C)OC(=O)C(C)C. The fourth-order valence-electron chi connectivity index (χ4n) is 1.40. The molecule has 0 saturated carbocycles. The largest absolute Gasteiger partial charge is 0.462 e. The summed E-state index contributed by atoms with van der Waals surface area (Å²) in [6, 6.07) is 0. The molecule has 1 atom stereocenters. The lowest BCUT2D eigenvalue weighted by Gasteiger charge is -2.17. The highest BCUT2D eigenvalue weighted by Crippen LogP contribution is 2.14. The van der Waals surface area contributed by atoms with Crippen LogP contribution in [0.1, 0.15) is 60.3 Å². The zero-order valence-corrected chi connectivity index (χ0v) is 10.9. The highest BCUT2D eigenvalue weighted by molar-refractivity contribution is 5.71. The highest BCUT2D eigenvalue weighted by Gasteiger charge is 2.15. The van der Waals surface area contributed by atoms with Crippen molar-refractivity contribution in [3.8, 4) is 0 Å². The number of carbonyl (C=O) groups is 1. The van der Waals surface area contributed by atoms with Crippen LogP contribution in [-0.2, 0) is 9.53 Å². The molecule has 0 rings (SSSR count). The van der Waals surface area contributed by atoms with Crippen LogP contribution < -0.4 is 0 Å². The third-order valence-corrected chi connectivity index (χ3v) is 2.52. The third-order valence-electron chi connectivity index (χ3n) is 2.52. The minimum absolute atomic E-state index is 0.0100. The molecule has 2 nitrogen and oxygen atoms in total. The standard InChI is InChI=1S/C13H26O2/c1-6-12(9-7-8-10(2)3)15-13(14)11(4)5/h10-12H,6-9H2,1-5H3. The van der Waals surface area contributed by atoms with Crippen LogP contribution in [0, 0.1) is 11.8 Å². The summed E-state index contributed by atoms with van der Waals surface area (Å²) >= 11 is 0. The van der Waals surface area contributed by atoms with Gasteiger partial charge in [0.1, 0.15) is 6.10 Å². The molecule has 0 amide bonds. The Morgan fingerprint density at radius 1 is 1.13 bits per heavy atom. The molecule has 1 unspecified atom stereocenters. The van der Waals surface area contributed by atoms with E-state index in [4.69, 9.17) is 4.74 Å². The van der Waals surface area contributed by atoms with Gasteiger partial charge in [0, 0.05) is 0 Å². The Labute approximate surface area is 94.4 Å². The van der Waals surface area contributed by atoms with E-state index in [1.807, 2.05) is 13.8 Å². The summed E-state index contributed by atoms with van der Waals surface area (Å²) < 4.78 is 5.40. The predicted molar refractivity (Wildman–Crippen MR) is 63.7 cm³/mol. The fourth-order valence-corrected chi connectivity index (χ4v) is 1.40. The van der Waals surface area contributed by atoms with E-state index < -0.39 is 0 Å². The van der Waals surface area contributed by atoms with E-state index in [9.17, 15) is 4.79 Å². The molecule has 0 aliphatic heterocycles. The number of hydrogen-bond donors (Lipinski definition) is 0. The first-order valence-electron chi connectivity index (χ1n) is 6.17. The number of hydrogen-bond acceptors (Lipinski definition) is 2. The number of ether oxygens (including phenoxy) is 1. The quantitative estimate of drug-likeness (QED) is 0.603. The fraction of sp³-hybridized carbons (Fsp3) is 0.923. The second kappa shape index (κ2) is 7.72. The van der Waals surface area contributed by atoms with Crippen LogP contribution in [0.4, 0.5) is 0 Å². The molecule has 0 spiro atoms. The van der Waals surface area contributed by atoms with Gasteiger partial charge in [-0.05, 0) is 25.2 Å². The van der Waals surface area contributed by atoms with Gasteiger partial charge in [-0.2, -0.15) is 0 Å². The van der Waals surface area contributed by atoms with Crippen LogP contribution in [0.25, 0.3) is 0 Å². The van der Waals surface area contributed by atoms with Crippen molar-refractivity contribution in [2.45, 2.75) is 66.4 Å². The molecule has 0 aliphatic rings. The summed E-state index contributed by atoms with van der Waals surface area (Å²) in [5.74, 6) is 0.666. The van der Waals surface area contributed by atoms with Crippen LogP contribution >= 0.6 is 0 Å². The van der Waals surface area contributed by atoms with Crippen LogP contribution in [0.15, 0.2) is 0 Å². The molecule has 0 heterocycles. The van der Waals surface area contributed by atoms with Gasteiger partial charge in [0.05, 0.1) is 5.92 Å². The molecule has 0 aromatic rings. The van der Waals surface area contributed by atoms with Gasteiger partial charge in [-0.25, -0.2) is 0 Å². The summed E-state index contributed by atoms with van der Waals surface area (Å²) in [6.45, 7) is 10.3. The summed E-state index contributed by atoms with van der Waals surface area (Å²) in [5, 5.41) is 0. The molecule has 0 fully saturated rings. The van der Waals surface area contributed by atoms with Crippen molar-refractivity contribution in [3.05, 3.63) is 0 Å². The smallest absolute Gasteiger partial charge is 0.308 e. The second-order valence-corrected chi connectivity index (χ2v) is 4.95. The molecule has 0 radical (unpaired) electrons. The topological polar surface area (TPSA) is 26.3 Å². The van der Waals surface area contributed by atoms with Gasteiger partial charge in [-0.1, -0.05) is 41.0 Å². The molecular weight excluding hydrogens is 188 g/mol. The van der Waals surface area contributed by atoms with Crippen LogP contribution in [0.2, 0.25) is 0 Å². The first kappa shape index (κ1) is 14.5. The molecule has 0 aromatic carbocycles. The Morgan fingerprint density at radius 3 is 2.13 bits per heavy atom. The van der Waals surface area contributed by atoms with E-state index in [2.05, 4.69) is 20.8 Å². The van der Waals surface area contributed by atoms with E-state index in [-0.39, 0.29) is 18.0 Å². The van der Waals surface area contributed by atoms with E-state index in [0.29, 0.717) is 0 Å². The van der Waals surface area contributed by atoms with Crippen LogP contribution in [0.5, 0.6) is 0 Å². The molecule has 15 heavy (non-hydrogen) atoms. The van der Waals surface area contributed by atoms with Gasteiger partial charge < -0.3 is 4.74 Å². The molecule has 0 aliphatic carbocycles. The Balaban J connectivity index is 3.78. The van der Waals surface area contributed by atoms with Crippen molar-refractivity contribution in [1.29, 1.82) is 0 Å². The molecule has 0 aromatic heterocycles. The first-order valence-corrected chi connectivity index (χ1v) is 6.17. The van der Waals surface area contributed by atoms with E-state index in [1.54, 1.807) is 0 Å². The summed E-state index contributed by atoms with van der Waals surface area (Å²) in [7, 11) is 0. The number of rotatable bonds is 7. The van der Waals surface area contributed by atoms with Crippen molar-refractivity contribution >= 4 is 5.97 Å². The molecule has 0 saturated heterocycles. The molecular formula is C13H26O2. The minimum atomic E-state index is -0.0635. The van der Waals surface area contributed by atoms with E-state index in [0.717, 1.165) is 25.2 Å². The van der Waals surface area contributed by atoms with Gasteiger partial charge in [-0.3, -0.25) is 4.79 Å². The van der Waals surface area contributed by atoms with Crippen LogP contribution in [-0.4, -0.2) is 12.1 Å². The van der Waals surface area contributed by atoms with Crippen molar-refractivity contribution in [2.75, 3.05) is 0 Å². The maximum atomic E-state index is 11.4. The summed E-state index contributed by atoms with van der Waals surface area (Å²) in [6.07, 6.45) is 4.43.